The predicted molar refractivity (Wildman–Crippen MR) is 127 cm³/mol. The first kappa shape index (κ1) is 23.2. The number of thiophene rings is 1. The molecule has 4 rings (SSSR count). The molecular weight excluding hydrogens is 467 g/mol. The minimum absolute atomic E-state index is 0.184. The first-order chi connectivity index (χ1) is 15.9. The third kappa shape index (κ3) is 5.50. The van der Waals surface area contributed by atoms with Crippen LogP contribution >= 0.6 is 22.9 Å². The summed E-state index contributed by atoms with van der Waals surface area (Å²) in [5, 5.41) is 6.30. The molecule has 0 atom stereocenters. The van der Waals surface area contributed by atoms with E-state index in [0.29, 0.717) is 54.0 Å². The summed E-state index contributed by atoms with van der Waals surface area (Å²) in [6.07, 6.45) is 3.29. The summed E-state index contributed by atoms with van der Waals surface area (Å²) < 4.78 is 19.6. The molecule has 0 radical (unpaired) electrons. The Hall–Kier alpha value is -3.01. The van der Waals surface area contributed by atoms with Gasteiger partial charge in [0.2, 0.25) is 0 Å². The summed E-state index contributed by atoms with van der Waals surface area (Å²) in [5.74, 6) is -1.32. The molecule has 0 unspecified atom stereocenters. The second-order valence-electron chi connectivity index (χ2n) is 7.49. The van der Waals surface area contributed by atoms with Gasteiger partial charge in [-0.25, -0.2) is 4.39 Å². The molecule has 2 N–H and O–H groups in total. The highest BCUT2D eigenvalue weighted by atomic mass is 35.5. The lowest BCUT2D eigenvalue weighted by atomic mass is 10.1. The lowest BCUT2D eigenvalue weighted by Gasteiger charge is -2.29. The number of aromatic nitrogens is 1. The van der Waals surface area contributed by atoms with Crippen molar-refractivity contribution in [3.63, 3.8) is 0 Å². The molecule has 1 aliphatic rings. The van der Waals surface area contributed by atoms with Crippen LogP contribution in [0.1, 0.15) is 31.2 Å². The Bertz CT molecular complexity index is 1170. The molecule has 2 aromatic heterocycles. The van der Waals surface area contributed by atoms with Crippen LogP contribution in [0.15, 0.2) is 42.7 Å². The summed E-state index contributed by atoms with van der Waals surface area (Å²) in [6, 6.07) is 7.85. The SMILES string of the molecule is Cc1c(NC(=O)c2cc(F)cc(N3CCOCC3)c2)sc(C(=O)NCc2ccncc2)c1Cl. The van der Waals surface area contributed by atoms with Crippen LogP contribution in [-0.2, 0) is 11.3 Å². The summed E-state index contributed by atoms with van der Waals surface area (Å²) in [4.78, 5) is 31.8. The van der Waals surface area contributed by atoms with E-state index in [-0.39, 0.29) is 16.5 Å². The predicted octanol–water partition coefficient (Wildman–Crippen LogP) is 4.26. The van der Waals surface area contributed by atoms with E-state index in [9.17, 15) is 14.0 Å². The molecule has 1 aliphatic heterocycles. The number of carbonyl (C=O) groups is 2. The van der Waals surface area contributed by atoms with E-state index in [4.69, 9.17) is 16.3 Å². The van der Waals surface area contributed by atoms with Crippen molar-refractivity contribution < 1.29 is 18.7 Å². The van der Waals surface area contributed by atoms with Crippen LogP contribution in [0.4, 0.5) is 15.1 Å². The summed E-state index contributed by atoms with van der Waals surface area (Å²) in [6.45, 7) is 4.40. The largest absolute Gasteiger partial charge is 0.378 e. The van der Waals surface area contributed by atoms with E-state index in [1.54, 1.807) is 37.5 Å². The molecule has 0 saturated carbocycles. The molecule has 3 aromatic rings. The molecule has 10 heteroatoms. The number of carbonyl (C=O) groups excluding carboxylic acids is 2. The summed E-state index contributed by atoms with van der Waals surface area (Å²) in [7, 11) is 0. The highest BCUT2D eigenvalue weighted by molar-refractivity contribution is 7.19. The van der Waals surface area contributed by atoms with Crippen molar-refractivity contribution in [1.29, 1.82) is 0 Å². The molecule has 2 amide bonds. The van der Waals surface area contributed by atoms with E-state index in [2.05, 4.69) is 15.6 Å². The van der Waals surface area contributed by atoms with E-state index >= 15 is 0 Å². The number of ether oxygens (including phenoxy) is 1. The van der Waals surface area contributed by atoms with Crippen molar-refractivity contribution in [2.24, 2.45) is 0 Å². The van der Waals surface area contributed by atoms with Gasteiger partial charge in [0.1, 0.15) is 15.7 Å². The summed E-state index contributed by atoms with van der Waals surface area (Å²) in [5.41, 5.74) is 2.29. The fourth-order valence-corrected chi connectivity index (χ4v) is 4.77. The Morgan fingerprint density at radius 2 is 1.91 bits per heavy atom. The fourth-order valence-electron chi connectivity index (χ4n) is 3.41. The maximum atomic E-state index is 14.2. The van der Waals surface area contributed by atoms with Crippen LogP contribution in [0.3, 0.4) is 0 Å². The van der Waals surface area contributed by atoms with Gasteiger partial charge in [-0.1, -0.05) is 11.6 Å². The zero-order valence-corrected chi connectivity index (χ0v) is 19.4. The molecule has 0 aliphatic carbocycles. The molecule has 0 bridgehead atoms. The van der Waals surface area contributed by atoms with Gasteiger partial charge < -0.3 is 20.3 Å². The quantitative estimate of drug-likeness (QED) is 0.541. The number of benzene rings is 1. The van der Waals surface area contributed by atoms with Crippen molar-refractivity contribution in [3.05, 3.63) is 75.1 Å². The van der Waals surface area contributed by atoms with Crippen molar-refractivity contribution in [2.75, 3.05) is 36.5 Å². The normalized spacial score (nSPS) is 13.6. The maximum Gasteiger partial charge on any atom is 0.263 e. The van der Waals surface area contributed by atoms with Gasteiger partial charge in [0.25, 0.3) is 11.8 Å². The van der Waals surface area contributed by atoms with Gasteiger partial charge in [0.15, 0.2) is 0 Å². The standard InChI is InChI=1S/C23H22ClFN4O3S/c1-14-19(24)20(22(31)27-13-15-2-4-26-5-3-15)33-23(14)28-21(30)16-10-17(25)12-18(11-16)29-6-8-32-9-7-29/h2-5,10-12H,6-9,13H2,1H3,(H,27,31)(H,28,30). The zero-order valence-electron chi connectivity index (χ0n) is 17.9. The summed E-state index contributed by atoms with van der Waals surface area (Å²) >= 11 is 7.46. The number of nitrogens with zero attached hydrogens (tertiary/aromatic N) is 2. The van der Waals surface area contributed by atoms with Crippen LogP contribution in [0.2, 0.25) is 5.02 Å². The van der Waals surface area contributed by atoms with Crippen molar-refractivity contribution >= 4 is 45.4 Å². The maximum absolute atomic E-state index is 14.2. The fraction of sp³-hybridized carbons (Fsp3) is 0.261. The smallest absolute Gasteiger partial charge is 0.263 e. The molecule has 1 saturated heterocycles. The number of morpholine rings is 1. The van der Waals surface area contributed by atoms with Crippen LogP contribution in [0, 0.1) is 12.7 Å². The molecule has 1 aromatic carbocycles. The van der Waals surface area contributed by atoms with E-state index in [0.717, 1.165) is 16.9 Å². The van der Waals surface area contributed by atoms with Gasteiger partial charge >= 0.3 is 0 Å². The topological polar surface area (TPSA) is 83.6 Å². The number of anilines is 2. The van der Waals surface area contributed by atoms with Crippen LogP contribution in [0.25, 0.3) is 0 Å². The zero-order chi connectivity index (χ0) is 23.4. The van der Waals surface area contributed by atoms with Gasteiger partial charge in [-0.15, -0.1) is 11.3 Å². The highest BCUT2D eigenvalue weighted by Crippen LogP contribution is 2.37. The number of hydrogen-bond donors (Lipinski definition) is 2. The van der Waals surface area contributed by atoms with Crippen LogP contribution < -0.4 is 15.5 Å². The molecule has 3 heterocycles. The van der Waals surface area contributed by atoms with Crippen LogP contribution in [0.5, 0.6) is 0 Å². The number of pyridine rings is 1. The average molecular weight is 489 g/mol. The van der Waals surface area contributed by atoms with E-state index < -0.39 is 11.7 Å². The Balaban J connectivity index is 1.48. The first-order valence-corrected chi connectivity index (χ1v) is 11.5. The molecule has 7 nitrogen and oxygen atoms in total. The minimum Gasteiger partial charge on any atom is -0.378 e. The van der Waals surface area contributed by atoms with Crippen LogP contribution in [-0.4, -0.2) is 43.1 Å². The van der Waals surface area contributed by atoms with Crippen molar-refractivity contribution in [3.8, 4) is 0 Å². The van der Waals surface area contributed by atoms with Crippen molar-refractivity contribution in [1.82, 2.24) is 10.3 Å². The minimum atomic E-state index is -0.499. The van der Waals surface area contributed by atoms with Gasteiger partial charge in [0.05, 0.1) is 18.2 Å². The highest BCUT2D eigenvalue weighted by Gasteiger charge is 2.22. The second-order valence-corrected chi connectivity index (χ2v) is 8.89. The number of amides is 2. The number of rotatable bonds is 6. The Morgan fingerprint density at radius 1 is 1.18 bits per heavy atom. The molecule has 0 spiro atoms. The Morgan fingerprint density at radius 3 is 2.64 bits per heavy atom. The lowest BCUT2D eigenvalue weighted by molar-refractivity contribution is 0.0954. The number of hydrogen-bond acceptors (Lipinski definition) is 6. The lowest BCUT2D eigenvalue weighted by Crippen LogP contribution is -2.36. The van der Waals surface area contributed by atoms with Gasteiger partial charge in [-0.3, -0.25) is 14.6 Å². The third-order valence-corrected chi connectivity index (χ3v) is 7.02. The van der Waals surface area contributed by atoms with Gasteiger partial charge in [-0.05, 0) is 42.8 Å². The van der Waals surface area contributed by atoms with Gasteiger partial charge in [-0.2, -0.15) is 0 Å². The van der Waals surface area contributed by atoms with Crippen molar-refractivity contribution in [2.45, 2.75) is 13.5 Å². The molecule has 33 heavy (non-hydrogen) atoms. The second kappa shape index (κ2) is 10.3. The average Bonchev–Trinajstić information content (AvgIpc) is 3.12. The number of nitrogens with one attached hydrogen (secondary N) is 2. The number of halogens is 2. The third-order valence-electron chi connectivity index (χ3n) is 5.23. The van der Waals surface area contributed by atoms with E-state index in [1.807, 2.05) is 4.90 Å². The Kier molecular flexibility index (Phi) is 7.22. The van der Waals surface area contributed by atoms with Gasteiger partial charge in [0, 0.05) is 48.8 Å². The first-order valence-electron chi connectivity index (χ1n) is 10.3. The molecular formula is C23H22ClFN4O3S. The molecule has 172 valence electrons. The van der Waals surface area contributed by atoms with E-state index in [1.165, 1.54) is 12.1 Å². The Labute approximate surface area is 199 Å². The molecule has 1 fully saturated rings. The monoisotopic (exact) mass is 488 g/mol.